The van der Waals surface area contributed by atoms with Crippen molar-refractivity contribution < 1.29 is 14.5 Å². The van der Waals surface area contributed by atoms with Gasteiger partial charge >= 0.3 is 0 Å². The van der Waals surface area contributed by atoms with Gasteiger partial charge in [-0.2, -0.15) is 5.26 Å². The summed E-state index contributed by atoms with van der Waals surface area (Å²) in [7, 11) is 1.57. The third kappa shape index (κ3) is 3.40. The van der Waals surface area contributed by atoms with Crippen LogP contribution in [0.3, 0.4) is 0 Å². The maximum Gasteiger partial charge on any atom is 0.269 e. The largest absolute Gasteiger partial charge is 0.497 e. The lowest BCUT2D eigenvalue weighted by molar-refractivity contribution is -0.384. The maximum atomic E-state index is 13.1. The van der Waals surface area contributed by atoms with Crippen LogP contribution in [0.2, 0.25) is 0 Å². The number of nitrogens with two attached hydrogens (primary N) is 1. The molecule has 156 valence electrons. The Morgan fingerprint density at radius 1 is 1.23 bits per heavy atom. The van der Waals surface area contributed by atoms with E-state index in [4.69, 9.17) is 10.5 Å². The third-order valence-corrected chi connectivity index (χ3v) is 5.66. The van der Waals surface area contributed by atoms with Gasteiger partial charge in [0.2, 0.25) is 0 Å². The van der Waals surface area contributed by atoms with Crippen LogP contribution in [0.1, 0.15) is 30.7 Å². The number of nitro groups is 1. The smallest absolute Gasteiger partial charge is 0.269 e. The lowest BCUT2D eigenvalue weighted by atomic mass is 9.75. The Hall–Kier alpha value is -4.12. The summed E-state index contributed by atoms with van der Waals surface area (Å²) in [5, 5.41) is 21.3. The first-order valence-corrected chi connectivity index (χ1v) is 9.80. The number of hydrogen-bond acceptors (Lipinski definition) is 7. The predicted molar refractivity (Wildman–Crippen MR) is 114 cm³/mol. The van der Waals surface area contributed by atoms with Gasteiger partial charge in [0.15, 0.2) is 5.78 Å². The molecule has 8 heteroatoms. The van der Waals surface area contributed by atoms with Crippen molar-refractivity contribution in [3.05, 3.63) is 86.9 Å². The topological polar surface area (TPSA) is 122 Å². The van der Waals surface area contributed by atoms with Gasteiger partial charge in [0.25, 0.3) is 5.69 Å². The van der Waals surface area contributed by atoms with Crippen LogP contribution < -0.4 is 15.4 Å². The number of anilines is 1. The Kier molecular flexibility index (Phi) is 5.17. The van der Waals surface area contributed by atoms with E-state index in [-0.39, 0.29) is 22.9 Å². The Balaban J connectivity index is 1.93. The number of nitrogens with zero attached hydrogens (tertiary/aromatic N) is 3. The van der Waals surface area contributed by atoms with E-state index >= 15 is 0 Å². The van der Waals surface area contributed by atoms with Crippen molar-refractivity contribution in [2.75, 3.05) is 12.0 Å². The van der Waals surface area contributed by atoms with E-state index in [1.807, 2.05) is 12.1 Å². The molecule has 2 N–H and O–H groups in total. The number of non-ortho nitro benzene ring substituents is 1. The summed E-state index contributed by atoms with van der Waals surface area (Å²) in [5.74, 6) is 0.0866. The van der Waals surface area contributed by atoms with Crippen molar-refractivity contribution in [3.8, 4) is 11.8 Å². The highest BCUT2D eigenvalue weighted by atomic mass is 16.6. The van der Waals surface area contributed by atoms with E-state index < -0.39 is 10.8 Å². The molecule has 1 heterocycles. The quantitative estimate of drug-likeness (QED) is 0.592. The summed E-state index contributed by atoms with van der Waals surface area (Å²) in [4.78, 5) is 25.6. The highest BCUT2D eigenvalue weighted by Gasteiger charge is 2.40. The minimum Gasteiger partial charge on any atom is -0.497 e. The lowest BCUT2D eigenvalue weighted by Gasteiger charge is -2.39. The van der Waals surface area contributed by atoms with Gasteiger partial charge in [-0.25, -0.2) is 0 Å². The van der Waals surface area contributed by atoms with Gasteiger partial charge in [-0.3, -0.25) is 19.8 Å². The fraction of sp³-hybridized carbons (Fsp3) is 0.217. The van der Waals surface area contributed by atoms with Crippen molar-refractivity contribution in [1.29, 1.82) is 5.26 Å². The zero-order chi connectivity index (χ0) is 22.1. The SMILES string of the molecule is COc1ccc(N2C(N)=C(C#N)[C@@H](c3cccc([N+](=O)[O-])c3)C3=C2CCCC3=O)cc1. The Morgan fingerprint density at radius 3 is 2.61 bits per heavy atom. The number of ether oxygens (including phenoxy) is 1. The summed E-state index contributed by atoms with van der Waals surface area (Å²) in [6.07, 6.45) is 1.64. The number of hydrogen-bond donors (Lipinski definition) is 1. The number of carbonyl (C=O) groups is 1. The number of benzene rings is 2. The fourth-order valence-electron chi connectivity index (χ4n) is 4.26. The highest BCUT2D eigenvalue weighted by Crippen LogP contribution is 2.46. The minimum absolute atomic E-state index is 0.0727. The van der Waals surface area contributed by atoms with Gasteiger partial charge in [0.1, 0.15) is 11.6 Å². The summed E-state index contributed by atoms with van der Waals surface area (Å²) >= 11 is 0. The van der Waals surface area contributed by atoms with Crippen LogP contribution in [0.25, 0.3) is 0 Å². The molecule has 0 spiro atoms. The number of carbonyl (C=O) groups excluding carboxylic acids is 1. The zero-order valence-corrected chi connectivity index (χ0v) is 16.9. The first kappa shape index (κ1) is 20.2. The van der Waals surface area contributed by atoms with Crippen LogP contribution >= 0.6 is 0 Å². The number of methoxy groups -OCH3 is 1. The van der Waals surface area contributed by atoms with Gasteiger partial charge < -0.3 is 10.5 Å². The lowest BCUT2D eigenvalue weighted by Crippen LogP contribution is -2.38. The Labute approximate surface area is 179 Å². The summed E-state index contributed by atoms with van der Waals surface area (Å²) in [6.45, 7) is 0. The van der Waals surface area contributed by atoms with E-state index in [1.54, 1.807) is 36.3 Å². The number of nitro benzene ring substituents is 1. The number of ketones is 1. The second-order valence-electron chi connectivity index (χ2n) is 7.37. The molecule has 8 nitrogen and oxygen atoms in total. The van der Waals surface area contributed by atoms with Crippen LogP contribution in [0, 0.1) is 21.4 Å². The molecular weight excluding hydrogens is 396 g/mol. The fourth-order valence-corrected chi connectivity index (χ4v) is 4.26. The first-order chi connectivity index (χ1) is 15.0. The van der Waals surface area contributed by atoms with Crippen molar-refractivity contribution >= 4 is 17.2 Å². The van der Waals surface area contributed by atoms with E-state index in [0.717, 1.165) is 5.70 Å². The molecule has 0 saturated carbocycles. The van der Waals surface area contributed by atoms with Gasteiger partial charge in [-0.05, 0) is 42.7 Å². The molecular formula is C23H20N4O4. The highest BCUT2D eigenvalue weighted by molar-refractivity contribution is 6.01. The summed E-state index contributed by atoms with van der Waals surface area (Å²) in [5.41, 5.74) is 9.02. The monoisotopic (exact) mass is 416 g/mol. The molecule has 2 aromatic carbocycles. The molecule has 0 aromatic heterocycles. The van der Waals surface area contributed by atoms with Crippen LogP contribution in [-0.2, 0) is 4.79 Å². The van der Waals surface area contributed by atoms with Crippen molar-refractivity contribution in [2.24, 2.45) is 5.73 Å². The molecule has 0 amide bonds. The molecule has 0 fully saturated rings. The normalized spacial score (nSPS) is 18.5. The molecule has 31 heavy (non-hydrogen) atoms. The number of allylic oxidation sites excluding steroid dienone is 3. The first-order valence-electron chi connectivity index (χ1n) is 9.80. The molecule has 0 bridgehead atoms. The van der Waals surface area contributed by atoms with E-state index in [9.17, 15) is 20.2 Å². The van der Waals surface area contributed by atoms with Crippen LogP contribution in [-0.4, -0.2) is 17.8 Å². The number of rotatable bonds is 4. The predicted octanol–water partition coefficient (Wildman–Crippen LogP) is 3.91. The summed E-state index contributed by atoms with van der Waals surface area (Å²) < 4.78 is 5.22. The molecule has 0 saturated heterocycles. The van der Waals surface area contributed by atoms with Gasteiger partial charge in [-0.15, -0.1) is 0 Å². The number of nitriles is 1. The number of Topliss-reactive ketones (excluding diaryl/α,β-unsaturated/α-hetero) is 1. The Morgan fingerprint density at radius 2 is 1.97 bits per heavy atom. The average molecular weight is 416 g/mol. The third-order valence-electron chi connectivity index (χ3n) is 5.66. The Bertz CT molecular complexity index is 1170. The average Bonchev–Trinajstić information content (AvgIpc) is 2.78. The molecule has 0 radical (unpaired) electrons. The van der Waals surface area contributed by atoms with Gasteiger partial charge in [0.05, 0.1) is 29.6 Å². The van der Waals surface area contributed by atoms with E-state index in [1.165, 1.54) is 12.1 Å². The van der Waals surface area contributed by atoms with Crippen LogP contribution in [0.15, 0.2) is 71.2 Å². The molecule has 1 aliphatic heterocycles. The summed E-state index contributed by atoms with van der Waals surface area (Å²) in [6, 6.07) is 15.4. The molecule has 2 aromatic rings. The molecule has 1 aliphatic carbocycles. The maximum absolute atomic E-state index is 13.1. The van der Waals surface area contributed by atoms with Gasteiger partial charge in [0, 0.05) is 35.5 Å². The second kappa shape index (κ2) is 7.95. The van der Waals surface area contributed by atoms with Crippen LogP contribution in [0.4, 0.5) is 11.4 Å². The molecule has 1 atom stereocenters. The van der Waals surface area contributed by atoms with E-state index in [2.05, 4.69) is 6.07 Å². The molecule has 0 unspecified atom stereocenters. The van der Waals surface area contributed by atoms with Crippen LogP contribution in [0.5, 0.6) is 5.75 Å². The molecule has 4 rings (SSSR count). The minimum atomic E-state index is -0.734. The zero-order valence-electron chi connectivity index (χ0n) is 16.9. The van der Waals surface area contributed by atoms with Crippen molar-refractivity contribution in [1.82, 2.24) is 0 Å². The standard InChI is InChI=1S/C23H20N4O4/c1-31-17-10-8-15(9-11-17)26-19-6-3-7-20(28)22(19)21(18(13-24)23(26)25)14-4-2-5-16(12-14)27(29)30/h2,4-5,8-12,21H,3,6-7,25H2,1H3/t21-/m1/s1. The molecule has 2 aliphatic rings. The second-order valence-corrected chi connectivity index (χ2v) is 7.37. The van der Waals surface area contributed by atoms with Crippen molar-refractivity contribution in [3.63, 3.8) is 0 Å². The van der Waals surface area contributed by atoms with E-state index in [0.29, 0.717) is 41.8 Å². The van der Waals surface area contributed by atoms with Gasteiger partial charge in [-0.1, -0.05) is 12.1 Å². The van der Waals surface area contributed by atoms with Crippen molar-refractivity contribution in [2.45, 2.75) is 25.2 Å².